The summed E-state index contributed by atoms with van der Waals surface area (Å²) in [6, 6.07) is 0. The van der Waals surface area contributed by atoms with Crippen LogP contribution in [0.5, 0.6) is 0 Å². The third-order valence-corrected chi connectivity index (χ3v) is 1.20. The lowest BCUT2D eigenvalue weighted by atomic mass is 10.0. The van der Waals surface area contributed by atoms with Gasteiger partial charge in [0.15, 0.2) is 0 Å². The van der Waals surface area contributed by atoms with Crippen LogP contribution in [0.25, 0.3) is 0 Å². The summed E-state index contributed by atoms with van der Waals surface area (Å²) in [5.74, 6) is 0. The second kappa shape index (κ2) is 1.19. The van der Waals surface area contributed by atoms with E-state index in [1.54, 1.807) is 6.92 Å². The predicted octanol–water partition coefficient (Wildman–Crippen LogP) is 0.660. The van der Waals surface area contributed by atoms with Gasteiger partial charge in [-0.1, -0.05) is 0 Å². The number of nitrogens with zero attached hydrogens (tertiary/aromatic N) is 1. The van der Waals surface area contributed by atoms with E-state index in [2.05, 4.69) is 0 Å². The van der Waals surface area contributed by atoms with Crippen LogP contribution in [-0.2, 0) is 0 Å². The van der Waals surface area contributed by atoms with Crippen molar-refractivity contribution >= 4 is 0 Å². The average Bonchev–Trinajstić information content (AvgIpc) is 1.27. The van der Waals surface area contributed by atoms with Crippen LogP contribution >= 0.6 is 0 Å². The molecule has 1 nitrogen and oxygen atoms in total. The Hall–Kier alpha value is -0.110. The van der Waals surface area contributed by atoms with Crippen LogP contribution in [0.2, 0.25) is 0 Å². The first-order valence-corrected chi connectivity index (χ1v) is 2.48. The van der Waals surface area contributed by atoms with Gasteiger partial charge in [0.1, 0.15) is 5.67 Å². The molecule has 0 aromatic heterocycles. The second-order valence-electron chi connectivity index (χ2n) is 2.59. The van der Waals surface area contributed by atoms with Crippen molar-refractivity contribution in [2.24, 2.45) is 0 Å². The topological polar surface area (TPSA) is 3.24 Å². The van der Waals surface area contributed by atoms with Gasteiger partial charge in [-0.25, -0.2) is 4.39 Å². The summed E-state index contributed by atoms with van der Waals surface area (Å²) in [5, 5.41) is 0. The standard InChI is InChI=1S/C5H10FN/c1-5(6)3-7(2)4-5/h3-4H2,1-2H3. The molecule has 0 N–H and O–H groups in total. The third kappa shape index (κ3) is 0.911. The van der Waals surface area contributed by atoms with E-state index in [-0.39, 0.29) is 0 Å². The van der Waals surface area contributed by atoms with Gasteiger partial charge in [-0.15, -0.1) is 0 Å². The van der Waals surface area contributed by atoms with Crippen LogP contribution in [0.15, 0.2) is 0 Å². The van der Waals surface area contributed by atoms with Crippen molar-refractivity contribution in [3.8, 4) is 0 Å². The van der Waals surface area contributed by atoms with Gasteiger partial charge in [0.2, 0.25) is 0 Å². The van der Waals surface area contributed by atoms with Crippen LogP contribution in [0.4, 0.5) is 4.39 Å². The first-order chi connectivity index (χ1) is 3.10. The fraction of sp³-hybridized carbons (Fsp3) is 1.00. The number of rotatable bonds is 0. The van der Waals surface area contributed by atoms with Crippen LogP contribution in [-0.4, -0.2) is 30.7 Å². The molecule has 0 unspecified atom stereocenters. The highest BCUT2D eigenvalue weighted by Gasteiger charge is 2.35. The summed E-state index contributed by atoms with van der Waals surface area (Å²) in [4.78, 5) is 1.96. The first kappa shape index (κ1) is 5.04. The number of likely N-dealkylation sites (tertiary alicyclic amines) is 1. The van der Waals surface area contributed by atoms with Gasteiger partial charge in [-0.05, 0) is 14.0 Å². The van der Waals surface area contributed by atoms with Crippen LogP contribution < -0.4 is 0 Å². The summed E-state index contributed by atoms with van der Waals surface area (Å²) >= 11 is 0. The number of alkyl halides is 1. The molecule has 0 atom stereocenters. The minimum atomic E-state index is -0.880. The smallest absolute Gasteiger partial charge is 0.133 e. The van der Waals surface area contributed by atoms with E-state index in [1.165, 1.54) is 0 Å². The molecule has 0 aliphatic carbocycles. The zero-order valence-electron chi connectivity index (χ0n) is 4.74. The summed E-state index contributed by atoms with van der Waals surface area (Å²) in [7, 11) is 1.92. The second-order valence-corrected chi connectivity index (χ2v) is 2.59. The highest BCUT2D eigenvalue weighted by Crippen LogP contribution is 2.21. The monoisotopic (exact) mass is 103 g/mol. The lowest BCUT2D eigenvalue weighted by molar-refractivity contribution is 0.00103. The predicted molar refractivity (Wildman–Crippen MR) is 27.0 cm³/mol. The molecule has 0 spiro atoms. The van der Waals surface area contributed by atoms with Gasteiger partial charge in [0.25, 0.3) is 0 Å². The Balaban J connectivity index is 2.29. The molecule has 1 heterocycles. The molecule has 42 valence electrons. The van der Waals surface area contributed by atoms with Gasteiger partial charge >= 0.3 is 0 Å². The lowest BCUT2D eigenvalue weighted by Crippen LogP contribution is -2.54. The number of hydrogen-bond donors (Lipinski definition) is 0. The van der Waals surface area contributed by atoms with Crippen molar-refractivity contribution in [3.05, 3.63) is 0 Å². The average molecular weight is 103 g/mol. The fourth-order valence-electron chi connectivity index (χ4n) is 1.08. The minimum absolute atomic E-state index is 0.604. The van der Waals surface area contributed by atoms with E-state index < -0.39 is 5.67 Å². The molecule has 1 aliphatic rings. The van der Waals surface area contributed by atoms with Crippen molar-refractivity contribution in [1.82, 2.24) is 4.90 Å². The van der Waals surface area contributed by atoms with E-state index in [9.17, 15) is 4.39 Å². The Labute approximate surface area is 43.1 Å². The van der Waals surface area contributed by atoms with Crippen molar-refractivity contribution in [1.29, 1.82) is 0 Å². The maximum Gasteiger partial charge on any atom is 0.133 e. The number of halogens is 1. The fourth-order valence-corrected chi connectivity index (χ4v) is 1.08. The third-order valence-electron chi connectivity index (χ3n) is 1.20. The van der Waals surface area contributed by atoms with Crippen LogP contribution in [0.3, 0.4) is 0 Å². The van der Waals surface area contributed by atoms with Crippen molar-refractivity contribution in [3.63, 3.8) is 0 Å². The zero-order valence-corrected chi connectivity index (χ0v) is 4.74. The van der Waals surface area contributed by atoms with E-state index in [4.69, 9.17) is 0 Å². The molecule has 1 fully saturated rings. The molecule has 7 heavy (non-hydrogen) atoms. The minimum Gasteiger partial charge on any atom is -0.300 e. The molecule has 1 aliphatic heterocycles. The van der Waals surface area contributed by atoms with E-state index >= 15 is 0 Å². The Bertz CT molecular complexity index is 72.1. The van der Waals surface area contributed by atoms with Crippen LogP contribution in [0.1, 0.15) is 6.92 Å². The maximum atomic E-state index is 12.4. The van der Waals surface area contributed by atoms with Gasteiger partial charge in [-0.3, -0.25) is 4.90 Å². The van der Waals surface area contributed by atoms with E-state index in [0.29, 0.717) is 13.1 Å². The summed E-state index contributed by atoms with van der Waals surface area (Å²) in [6.45, 7) is 2.84. The molecule has 2 heteroatoms. The van der Waals surface area contributed by atoms with Crippen molar-refractivity contribution in [2.45, 2.75) is 12.6 Å². The van der Waals surface area contributed by atoms with Crippen LogP contribution in [0, 0.1) is 0 Å². The molecule has 0 aromatic rings. The maximum absolute atomic E-state index is 12.4. The molecule has 1 saturated heterocycles. The summed E-state index contributed by atoms with van der Waals surface area (Å²) < 4.78 is 12.4. The van der Waals surface area contributed by atoms with Crippen molar-refractivity contribution < 1.29 is 4.39 Å². The lowest BCUT2D eigenvalue weighted by Gasteiger charge is -2.39. The summed E-state index contributed by atoms with van der Waals surface area (Å²) in [5.41, 5.74) is -0.880. The largest absolute Gasteiger partial charge is 0.300 e. The molecular weight excluding hydrogens is 93.1 g/mol. The number of hydrogen-bond acceptors (Lipinski definition) is 1. The Morgan fingerprint density at radius 1 is 1.57 bits per heavy atom. The van der Waals surface area contributed by atoms with Crippen molar-refractivity contribution in [2.75, 3.05) is 20.1 Å². The Morgan fingerprint density at radius 2 is 2.00 bits per heavy atom. The molecule has 0 amide bonds. The normalized spacial score (nSPS) is 29.6. The zero-order chi connectivity index (χ0) is 5.49. The Kier molecular flexibility index (Phi) is 0.854. The molecule has 0 saturated carbocycles. The summed E-state index contributed by atoms with van der Waals surface area (Å²) in [6.07, 6.45) is 0. The van der Waals surface area contributed by atoms with Gasteiger partial charge < -0.3 is 0 Å². The SMILES string of the molecule is CN1CC(C)(F)C1. The molecule has 0 bridgehead atoms. The molecular formula is C5H10FN. The van der Waals surface area contributed by atoms with Gasteiger partial charge in [0, 0.05) is 13.1 Å². The van der Waals surface area contributed by atoms with E-state index in [1.807, 2.05) is 11.9 Å². The molecule has 0 aromatic carbocycles. The highest BCUT2D eigenvalue weighted by molar-refractivity contribution is 4.89. The quantitative estimate of drug-likeness (QED) is 0.435. The van der Waals surface area contributed by atoms with Gasteiger partial charge in [-0.2, -0.15) is 0 Å². The van der Waals surface area contributed by atoms with E-state index in [0.717, 1.165) is 0 Å². The van der Waals surface area contributed by atoms with Gasteiger partial charge in [0.05, 0.1) is 0 Å². The molecule has 0 radical (unpaired) electrons. The Morgan fingerprint density at radius 3 is 2.00 bits per heavy atom. The highest BCUT2D eigenvalue weighted by atomic mass is 19.1. The first-order valence-electron chi connectivity index (χ1n) is 2.48. The molecule has 1 rings (SSSR count).